The zero-order chi connectivity index (χ0) is 15.3. The van der Waals surface area contributed by atoms with Crippen LogP contribution in [-0.2, 0) is 4.74 Å². The lowest BCUT2D eigenvalue weighted by molar-refractivity contribution is 0.0311. The molecule has 1 aromatic carbocycles. The van der Waals surface area contributed by atoms with Crippen LogP contribution in [0, 0.1) is 0 Å². The molecular formula is C14H22Cl2IN3O. The summed E-state index contributed by atoms with van der Waals surface area (Å²) in [5.41, 5.74) is 6.45. The van der Waals surface area contributed by atoms with E-state index in [4.69, 9.17) is 33.7 Å². The van der Waals surface area contributed by atoms with Crippen molar-refractivity contribution in [1.29, 1.82) is 0 Å². The highest BCUT2D eigenvalue weighted by atomic mass is 127. The fourth-order valence-electron chi connectivity index (χ4n) is 1.54. The molecule has 0 aliphatic heterocycles. The summed E-state index contributed by atoms with van der Waals surface area (Å²) in [6.45, 7) is 6.33. The topological polar surface area (TPSA) is 59.6 Å². The maximum atomic E-state index is 6.15. The number of aliphatic imine (C=N–C) groups is 1. The molecule has 0 spiro atoms. The number of halogens is 3. The van der Waals surface area contributed by atoms with Gasteiger partial charge in [0.25, 0.3) is 0 Å². The summed E-state index contributed by atoms with van der Waals surface area (Å²) in [6, 6.07) is 5.31. The second-order valence-corrected chi connectivity index (χ2v) is 6.04. The van der Waals surface area contributed by atoms with Crippen LogP contribution in [0.25, 0.3) is 0 Å². The highest BCUT2D eigenvalue weighted by Crippen LogP contribution is 2.25. The molecule has 3 N–H and O–H groups in total. The van der Waals surface area contributed by atoms with Gasteiger partial charge in [0.05, 0.1) is 18.2 Å². The van der Waals surface area contributed by atoms with E-state index >= 15 is 0 Å². The highest BCUT2D eigenvalue weighted by molar-refractivity contribution is 14.0. The third kappa shape index (κ3) is 7.04. The molecule has 0 saturated carbocycles. The summed E-state index contributed by atoms with van der Waals surface area (Å²) >= 11 is 12.0. The number of rotatable bonds is 5. The Balaban J connectivity index is 0.00000400. The molecule has 120 valence electrons. The second-order valence-electron chi connectivity index (χ2n) is 5.20. The molecule has 0 heterocycles. The van der Waals surface area contributed by atoms with E-state index in [9.17, 15) is 0 Å². The number of benzene rings is 1. The molecule has 21 heavy (non-hydrogen) atoms. The standard InChI is InChI=1S/C14H21Cl2N3O.HI/c1-9(11-6-5-10(15)7-12(11)16)19-13(17)18-8-14(2,3)20-4;/h5-7,9H,8H2,1-4H3,(H3,17,18,19);1H. The molecule has 0 fully saturated rings. The highest BCUT2D eigenvalue weighted by Gasteiger charge is 2.16. The normalized spacial score (nSPS) is 13.5. The molecule has 0 saturated heterocycles. The molecule has 0 amide bonds. The lowest BCUT2D eigenvalue weighted by Crippen LogP contribution is -2.36. The SMILES string of the molecule is COC(C)(C)CN=C(N)NC(C)c1ccc(Cl)cc1Cl.I. The maximum absolute atomic E-state index is 6.15. The summed E-state index contributed by atoms with van der Waals surface area (Å²) in [5, 5.41) is 4.30. The average Bonchev–Trinajstić information content (AvgIpc) is 2.36. The fraction of sp³-hybridized carbons (Fsp3) is 0.500. The average molecular weight is 446 g/mol. The third-order valence-corrected chi connectivity index (χ3v) is 3.54. The monoisotopic (exact) mass is 445 g/mol. The van der Waals surface area contributed by atoms with Gasteiger partial charge in [-0.3, -0.25) is 4.99 Å². The van der Waals surface area contributed by atoms with Crippen LogP contribution in [0.1, 0.15) is 32.4 Å². The number of nitrogens with two attached hydrogens (primary N) is 1. The molecule has 1 unspecified atom stereocenters. The number of hydrogen-bond donors (Lipinski definition) is 2. The third-order valence-electron chi connectivity index (χ3n) is 2.98. The smallest absolute Gasteiger partial charge is 0.189 e. The van der Waals surface area contributed by atoms with E-state index < -0.39 is 0 Å². The van der Waals surface area contributed by atoms with E-state index in [1.807, 2.05) is 26.8 Å². The van der Waals surface area contributed by atoms with Crippen LogP contribution in [0.4, 0.5) is 0 Å². The van der Waals surface area contributed by atoms with Gasteiger partial charge in [-0.2, -0.15) is 0 Å². The summed E-state index contributed by atoms with van der Waals surface area (Å²) in [5.74, 6) is 0.355. The van der Waals surface area contributed by atoms with Crippen molar-refractivity contribution in [2.75, 3.05) is 13.7 Å². The van der Waals surface area contributed by atoms with Gasteiger partial charge in [-0.25, -0.2) is 0 Å². The minimum atomic E-state index is -0.340. The number of nitrogens with one attached hydrogen (secondary N) is 1. The van der Waals surface area contributed by atoms with Crippen molar-refractivity contribution in [1.82, 2.24) is 5.32 Å². The first-order valence-corrected chi connectivity index (χ1v) is 7.07. The van der Waals surface area contributed by atoms with Gasteiger partial charge in [-0.05, 0) is 38.5 Å². The van der Waals surface area contributed by atoms with Gasteiger partial charge in [-0.15, -0.1) is 24.0 Å². The molecule has 1 rings (SSSR count). The van der Waals surface area contributed by atoms with Gasteiger partial charge < -0.3 is 15.8 Å². The van der Waals surface area contributed by atoms with Crippen molar-refractivity contribution in [2.45, 2.75) is 32.4 Å². The maximum Gasteiger partial charge on any atom is 0.189 e. The Morgan fingerprint density at radius 3 is 2.57 bits per heavy atom. The number of hydrogen-bond acceptors (Lipinski definition) is 2. The van der Waals surface area contributed by atoms with Crippen molar-refractivity contribution in [3.8, 4) is 0 Å². The molecular weight excluding hydrogens is 424 g/mol. The Morgan fingerprint density at radius 1 is 1.43 bits per heavy atom. The number of nitrogens with zero attached hydrogens (tertiary/aromatic N) is 1. The minimum absolute atomic E-state index is 0. The van der Waals surface area contributed by atoms with Gasteiger partial charge >= 0.3 is 0 Å². The predicted octanol–water partition coefficient (Wildman–Crippen LogP) is 4.00. The number of ether oxygens (including phenoxy) is 1. The van der Waals surface area contributed by atoms with E-state index in [0.29, 0.717) is 22.5 Å². The van der Waals surface area contributed by atoms with Crippen molar-refractivity contribution >= 4 is 53.1 Å². The Hall–Kier alpha value is -0.240. The molecule has 0 bridgehead atoms. The van der Waals surface area contributed by atoms with Crippen molar-refractivity contribution in [3.63, 3.8) is 0 Å². The minimum Gasteiger partial charge on any atom is -0.377 e. The summed E-state index contributed by atoms with van der Waals surface area (Å²) in [7, 11) is 1.65. The summed E-state index contributed by atoms with van der Waals surface area (Å²) < 4.78 is 5.28. The van der Waals surface area contributed by atoms with Crippen LogP contribution < -0.4 is 11.1 Å². The number of guanidine groups is 1. The van der Waals surface area contributed by atoms with E-state index in [1.165, 1.54) is 0 Å². The zero-order valence-electron chi connectivity index (χ0n) is 12.6. The number of methoxy groups -OCH3 is 1. The van der Waals surface area contributed by atoms with Crippen LogP contribution >= 0.6 is 47.2 Å². The summed E-state index contributed by atoms with van der Waals surface area (Å²) in [6.07, 6.45) is 0. The predicted molar refractivity (Wildman–Crippen MR) is 101 cm³/mol. The Morgan fingerprint density at radius 2 is 2.05 bits per heavy atom. The van der Waals surface area contributed by atoms with Crippen LogP contribution in [0.5, 0.6) is 0 Å². The van der Waals surface area contributed by atoms with E-state index in [-0.39, 0.29) is 35.6 Å². The molecule has 0 aromatic heterocycles. The Bertz CT molecular complexity index is 495. The van der Waals surface area contributed by atoms with Crippen molar-refractivity contribution < 1.29 is 4.74 Å². The molecule has 1 atom stereocenters. The van der Waals surface area contributed by atoms with E-state index in [2.05, 4.69) is 10.3 Å². The van der Waals surface area contributed by atoms with Crippen molar-refractivity contribution in [2.24, 2.45) is 10.7 Å². The lowest BCUT2D eigenvalue weighted by Gasteiger charge is -2.21. The second kappa shape index (κ2) is 9.02. The molecule has 1 aromatic rings. The van der Waals surface area contributed by atoms with Crippen LogP contribution in [0.3, 0.4) is 0 Å². The van der Waals surface area contributed by atoms with Gasteiger partial charge in [0.15, 0.2) is 5.96 Å². The Kier molecular flexibility index (Phi) is 8.92. The van der Waals surface area contributed by atoms with Gasteiger partial charge in [0.1, 0.15) is 0 Å². The fourth-order valence-corrected chi connectivity index (χ4v) is 2.11. The van der Waals surface area contributed by atoms with Crippen LogP contribution in [0.2, 0.25) is 10.0 Å². The van der Waals surface area contributed by atoms with Crippen LogP contribution in [0.15, 0.2) is 23.2 Å². The molecule has 0 radical (unpaired) electrons. The molecule has 0 aliphatic carbocycles. The molecule has 7 heteroatoms. The van der Waals surface area contributed by atoms with E-state index in [0.717, 1.165) is 5.56 Å². The first-order valence-electron chi connectivity index (χ1n) is 6.32. The molecule has 0 aliphatic rings. The van der Waals surface area contributed by atoms with Gasteiger partial charge in [-0.1, -0.05) is 29.3 Å². The van der Waals surface area contributed by atoms with Gasteiger partial charge in [0, 0.05) is 17.2 Å². The summed E-state index contributed by atoms with van der Waals surface area (Å²) in [4.78, 5) is 4.27. The Labute approximate surface area is 153 Å². The largest absolute Gasteiger partial charge is 0.377 e. The molecule has 4 nitrogen and oxygen atoms in total. The first-order chi connectivity index (χ1) is 9.25. The van der Waals surface area contributed by atoms with Crippen LogP contribution in [-0.4, -0.2) is 25.2 Å². The first kappa shape index (κ1) is 20.8. The van der Waals surface area contributed by atoms with Crippen molar-refractivity contribution in [3.05, 3.63) is 33.8 Å². The zero-order valence-corrected chi connectivity index (χ0v) is 16.5. The lowest BCUT2D eigenvalue weighted by atomic mass is 10.1. The van der Waals surface area contributed by atoms with E-state index in [1.54, 1.807) is 19.2 Å². The van der Waals surface area contributed by atoms with Gasteiger partial charge in [0.2, 0.25) is 0 Å². The quantitative estimate of drug-likeness (QED) is 0.409.